The van der Waals surface area contributed by atoms with E-state index in [2.05, 4.69) is 6.92 Å². The lowest BCUT2D eigenvalue weighted by Gasteiger charge is -2.08. The molecule has 1 aliphatic rings. The Balaban J connectivity index is 2.58. The highest BCUT2D eigenvalue weighted by atomic mass is 16.4. The molecule has 0 fully saturated rings. The summed E-state index contributed by atoms with van der Waals surface area (Å²) in [6.07, 6.45) is 2.25. The number of rotatable bonds is 1. The number of carboxylic acids is 1. The van der Waals surface area contributed by atoms with Gasteiger partial charge in [0.1, 0.15) is 0 Å². The van der Waals surface area contributed by atoms with E-state index in [0.717, 1.165) is 18.4 Å². The van der Waals surface area contributed by atoms with Gasteiger partial charge in [-0.25, -0.2) is 4.79 Å². The molecular formula is C12H14O2. The van der Waals surface area contributed by atoms with Gasteiger partial charge in [0, 0.05) is 0 Å². The molecule has 0 spiro atoms. The van der Waals surface area contributed by atoms with Crippen molar-refractivity contribution in [1.29, 1.82) is 0 Å². The topological polar surface area (TPSA) is 37.3 Å². The molecule has 0 radical (unpaired) electrons. The Kier molecular flexibility index (Phi) is 2.06. The number of aromatic carboxylic acids is 1. The fraction of sp³-hybridized carbons (Fsp3) is 0.417. The first-order valence-electron chi connectivity index (χ1n) is 4.96. The molecule has 0 aliphatic heterocycles. The summed E-state index contributed by atoms with van der Waals surface area (Å²) in [4.78, 5) is 10.9. The van der Waals surface area contributed by atoms with Crippen molar-refractivity contribution < 1.29 is 9.90 Å². The van der Waals surface area contributed by atoms with E-state index in [9.17, 15) is 4.79 Å². The van der Waals surface area contributed by atoms with Crippen molar-refractivity contribution in [2.45, 2.75) is 32.6 Å². The van der Waals surface area contributed by atoms with Crippen molar-refractivity contribution in [3.05, 3.63) is 34.4 Å². The number of carboxylic acid groups (broad SMARTS) is 1. The first kappa shape index (κ1) is 9.25. The maximum Gasteiger partial charge on any atom is 0.335 e. The Labute approximate surface area is 83.6 Å². The van der Waals surface area contributed by atoms with Gasteiger partial charge in [-0.2, -0.15) is 0 Å². The normalized spacial score (nSPS) is 19.4. The average Bonchev–Trinajstić information content (AvgIpc) is 2.48. The third-order valence-corrected chi connectivity index (χ3v) is 3.11. The molecule has 1 aromatic rings. The average molecular weight is 190 g/mol. The van der Waals surface area contributed by atoms with Crippen LogP contribution in [0.2, 0.25) is 0 Å². The Morgan fingerprint density at radius 2 is 2.21 bits per heavy atom. The molecule has 0 unspecified atom stereocenters. The highest BCUT2D eigenvalue weighted by Gasteiger charge is 2.21. The van der Waals surface area contributed by atoms with Crippen molar-refractivity contribution >= 4 is 5.97 Å². The quantitative estimate of drug-likeness (QED) is 0.739. The van der Waals surface area contributed by atoms with Crippen molar-refractivity contribution in [1.82, 2.24) is 0 Å². The van der Waals surface area contributed by atoms with Crippen LogP contribution in [0.4, 0.5) is 0 Å². The van der Waals surface area contributed by atoms with E-state index in [4.69, 9.17) is 5.11 Å². The van der Waals surface area contributed by atoms with E-state index in [1.165, 1.54) is 11.1 Å². The van der Waals surface area contributed by atoms with Crippen LogP contribution < -0.4 is 0 Å². The van der Waals surface area contributed by atoms with Crippen LogP contribution in [0.1, 0.15) is 46.3 Å². The van der Waals surface area contributed by atoms with Gasteiger partial charge in [-0.3, -0.25) is 0 Å². The zero-order valence-corrected chi connectivity index (χ0v) is 8.50. The van der Waals surface area contributed by atoms with E-state index >= 15 is 0 Å². The second-order valence-electron chi connectivity index (χ2n) is 4.11. The molecule has 0 amide bonds. The number of carbonyl (C=O) groups is 1. The van der Waals surface area contributed by atoms with E-state index in [1.54, 1.807) is 6.07 Å². The number of hydrogen-bond acceptors (Lipinski definition) is 1. The van der Waals surface area contributed by atoms with Crippen LogP contribution in [0.5, 0.6) is 0 Å². The number of hydrogen-bond donors (Lipinski definition) is 1. The molecule has 0 aromatic heterocycles. The minimum atomic E-state index is -0.824. The molecule has 0 heterocycles. The Morgan fingerprint density at radius 1 is 1.50 bits per heavy atom. The van der Waals surface area contributed by atoms with Crippen LogP contribution in [0.25, 0.3) is 0 Å². The molecule has 14 heavy (non-hydrogen) atoms. The highest BCUT2D eigenvalue weighted by molar-refractivity contribution is 5.88. The maximum absolute atomic E-state index is 10.9. The largest absolute Gasteiger partial charge is 0.478 e. The van der Waals surface area contributed by atoms with Gasteiger partial charge < -0.3 is 5.11 Å². The van der Waals surface area contributed by atoms with Crippen molar-refractivity contribution in [3.8, 4) is 0 Å². The van der Waals surface area contributed by atoms with Crippen LogP contribution in [-0.4, -0.2) is 11.1 Å². The van der Waals surface area contributed by atoms with Gasteiger partial charge in [0.15, 0.2) is 0 Å². The zero-order chi connectivity index (χ0) is 10.3. The number of fused-ring (bicyclic) bond motifs is 1. The molecule has 74 valence electrons. The molecule has 2 nitrogen and oxygen atoms in total. The van der Waals surface area contributed by atoms with Crippen LogP contribution in [0.15, 0.2) is 12.1 Å². The SMILES string of the molecule is Cc1cc(C(=O)O)cc2c1CC[C@@H]2C. The van der Waals surface area contributed by atoms with Crippen LogP contribution in [-0.2, 0) is 6.42 Å². The predicted molar refractivity (Wildman–Crippen MR) is 54.9 cm³/mol. The van der Waals surface area contributed by atoms with E-state index in [-0.39, 0.29) is 0 Å². The minimum absolute atomic E-state index is 0.426. The molecule has 0 saturated carbocycles. The van der Waals surface area contributed by atoms with Gasteiger partial charge in [0.2, 0.25) is 0 Å². The summed E-state index contributed by atoms with van der Waals surface area (Å²) in [5, 5.41) is 8.93. The summed E-state index contributed by atoms with van der Waals surface area (Å²) >= 11 is 0. The van der Waals surface area contributed by atoms with Gasteiger partial charge in [-0.15, -0.1) is 0 Å². The minimum Gasteiger partial charge on any atom is -0.478 e. The fourth-order valence-corrected chi connectivity index (χ4v) is 2.27. The van der Waals surface area contributed by atoms with Crippen molar-refractivity contribution in [2.24, 2.45) is 0 Å². The standard InChI is InChI=1S/C12H14O2/c1-7-3-4-10-8(2)5-9(12(13)14)6-11(7)10/h5-7H,3-4H2,1-2H3,(H,13,14)/t7-/m0/s1. The molecule has 1 aromatic carbocycles. The monoisotopic (exact) mass is 190 g/mol. The third kappa shape index (κ3) is 1.31. The lowest BCUT2D eigenvalue weighted by molar-refractivity contribution is 0.0696. The van der Waals surface area contributed by atoms with Gasteiger partial charge in [0.25, 0.3) is 0 Å². The first-order chi connectivity index (χ1) is 6.59. The van der Waals surface area contributed by atoms with Crippen molar-refractivity contribution in [3.63, 3.8) is 0 Å². The first-order valence-corrected chi connectivity index (χ1v) is 4.96. The molecule has 1 aliphatic carbocycles. The van der Waals surface area contributed by atoms with Gasteiger partial charge in [-0.1, -0.05) is 6.92 Å². The summed E-state index contributed by atoms with van der Waals surface area (Å²) < 4.78 is 0. The van der Waals surface area contributed by atoms with Crippen LogP contribution in [0.3, 0.4) is 0 Å². The summed E-state index contributed by atoms with van der Waals surface area (Å²) in [7, 11) is 0. The highest BCUT2D eigenvalue weighted by Crippen LogP contribution is 2.35. The summed E-state index contributed by atoms with van der Waals surface area (Å²) in [5.41, 5.74) is 4.16. The molecule has 1 atom stereocenters. The molecular weight excluding hydrogens is 176 g/mol. The smallest absolute Gasteiger partial charge is 0.335 e. The molecule has 2 heteroatoms. The van der Waals surface area contributed by atoms with Gasteiger partial charge in [-0.05, 0) is 54.5 Å². The molecule has 1 N–H and O–H groups in total. The van der Waals surface area contributed by atoms with Gasteiger partial charge in [0.05, 0.1) is 5.56 Å². The summed E-state index contributed by atoms with van der Waals surface area (Å²) in [6.45, 7) is 4.17. The number of benzene rings is 1. The fourth-order valence-electron chi connectivity index (χ4n) is 2.27. The van der Waals surface area contributed by atoms with Crippen molar-refractivity contribution in [2.75, 3.05) is 0 Å². The number of aryl methyl sites for hydroxylation is 1. The maximum atomic E-state index is 10.9. The summed E-state index contributed by atoms with van der Waals surface area (Å²) in [5.74, 6) is -0.307. The zero-order valence-electron chi connectivity index (χ0n) is 8.50. The molecule has 2 rings (SSSR count). The third-order valence-electron chi connectivity index (χ3n) is 3.11. The predicted octanol–water partition coefficient (Wildman–Crippen LogP) is 2.74. The lowest BCUT2D eigenvalue weighted by Crippen LogP contribution is -2.00. The second-order valence-corrected chi connectivity index (χ2v) is 4.11. The Hall–Kier alpha value is -1.31. The van der Waals surface area contributed by atoms with E-state index in [1.807, 2.05) is 13.0 Å². The molecule has 0 saturated heterocycles. The Morgan fingerprint density at radius 3 is 2.86 bits per heavy atom. The Bertz CT molecular complexity index is 394. The van der Waals surface area contributed by atoms with Gasteiger partial charge >= 0.3 is 5.97 Å². The van der Waals surface area contributed by atoms with E-state index in [0.29, 0.717) is 11.5 Å². The lowest BCUT2D eigenvalue weighted by atomic mass is 9.97. The van der Waals surface area contributed by atoms with Crippen LogP contribution in [0, 0.1) is 6.92 Å². The summed E-state index contributed by atoms with van der Waals surface area (Å²) in [6, 6.07) is 3.61. The second kappa shape index (κ2) is 3.12. The van der Waals surface area contributed by atoms with E-state index < -0.39 is 5.97 Å². The molecule has 0 bridgehead atoms. The van der Waals surface area contributed by atoms with Crippen LogP contribution >= 0.6 is 0 Å².